The van der Waals surface area contributed by atoms with Crippen LogP contribution in [-0.2, 0) is 0 Å². The summed E-state index contributed by atoms with van der Waals surface area (Å²) >= 11 is 0. The first-order valence-corrected chi connectivity index (χ1v) is 8.57. The van der Waals surface area contributed by atoms with Crippen LogP contribution >= 0.6 is 0 Å². The highest BCUT2D eigenvalue weighted by molar-refractivity contribution is 5.25. The van der Waals surface area contributed by atoms with Crippen molar-refractivity contribution in [3.63, 3.8) is 0 Å². The van der Waals surface area contributed by atoms with Gasteiger partial charge in [0.05, 0.1) is 0 Å². The van der Waals surface area contributed by atoms with E-state index in [1.54, 1.807) is 0 Å². The average Bonchev–Trinajstić information content (AvgIpc) is 2.45. The van der Waals surface area contributed by atoms with Crippen LogP contribution in [0.15, 0.2) is 24.3 Å². The lowest BCUT2D eigenvalue weighted by Crippen LogP contribution is -2.22. The third-order valence-corrected chi connectivity index (χ3v) is 3.93. The van der Waals surface area contributed by atoms with Crippen molar-refractivity contribution in [2.45, 2.75) is 78.2 Å². The summed E-state index contributed by atoms with van der Waals surface area (Å²) in [6.07, 6.45) is 10.8. The van der Waals surface area contributed by atoms with Crippen molar-refractivity contribution in [2.75, 3.05) is 6.54 Å². The molecule has 1 aromatic rings. The quantitative estimate of drug-likeness (QED) is 0.504. The molecule has 0 aliphatic carbocycles. The Kier molecular flexibility index (Phi) is 9.40. The normalized spacial score (nSPS) is 12.6. The van der Waals surface area contributed by atoms with Crippen molar-refractivity contribution in [3.8, 4) is 0 Å². The fourth-order valence-corrected chi connectivity index (χ4v) is 2.72. The highest BCUT2D eigenvalue weighted by atomic mass is 14.9. The van der Waals surface area contributed by atoms with Gasteiger partial charge in [0, 0.05) is 6.04 Å². The fraction of sp³-hybridized carbons (Fsp3) is 0.684. The smallest absolute Gasteiger partial charge is 0.0320 e. The molecule has 1 atom stereocenters. The zero-order valence-electron chi connectivity index (χ0n) is 13.8. The molecule has 0 spiro atoms. The molecule has 0 radical (unpaired) electrons. The molecular weight excluding hydrogens is 242 g/mol. The molecule has 1 heteroatoms. The van der Waals surface area contributed by atoms with Gasteiger partial charge in [0.2, 0.25) is 0 Å². The van der Waals surface area contributed by atoms with Gasteiger partial charge < -0.3 is 5.32 Å². The monoisotopic (exact) mass is 275 g/mol. The van der Waals surface area contributed by atoms with Crippen molar-refractivity contribution in [1.82, 2.24) is 5.32 Å². The van der Waals surface area contributed by atoms with Gasteiger partial charge in [-0.15, -0.1) is 0 Å². The maximum Gasteiger partial charge on any atom is 0.0320 e. The molecule has 0 bridgehead atoms. The Morgan fingerprint density at radius 2 is 1.70 bits per heavy atom. The van der Waals surface area contributed by atoms with Crippen LogP contribution in [0, 0.1) is 6.92 Å². The third-order valence-electron chi connectivity index (χ3n) is 3.93. The van der Waals surface area contributed by atoms with Crippen LogP contribution < -0.4 is 5.32 Å². The molecule has 1 nitrogen and oxygen atoms in total. The van der Waals surface area contributed by atoms with E-state index < -0.39 is 0 Å². The summed E-state index contributed by atoms with van der Waals surface area (Å²) in [6.45, 7) is 7.83. The first kappa shape index (κ1) is 17.2. The summed E-state index contributed by atoms with van der Waals surface area (Å²) in [6, 6.07) is 9.53. The molecule has 0 saturated carbocycles. The Bertz CT molecular complexity index is 345. The van der Waals surface area contributed by atoms with Gasteiger partial charge in [0.1, 0.15) is 0 Å². The van der Waals surface area contributed by atoms with Crippen LogP contribution in [0.3, 0.4) is 0 Å². The minimum absolute atomic E-state index is 0.543. The Labute approximate surface area is 126 Å². The number of aryl methyl sites for hydroxylation is 1. The second-order valence-corrected chi connectivity index (χ2v) is 5.98. The predicted molar refractivity (Wildman–Crippen MR) is 90.2 cm³/mol. The Morgan fingerprint density at radius 1 is 0.950 bits per heavy atom. The molecule has 1 aromatic carbocycles. The van der Waals surface area contributed by atoms with E-state index >= 15 is 0 Å². The molecule has 1 rings (SSSR count). The van der Waals surface area contributed by atoms with Crippen LogP contribution in [0.4, 0.5) is 0 Å². The summed E-state index contributed by atoms with van der Waals surface area (Å²) in [5.41, 5.74) is 2.83. The van der Waals surface area contributed by atoms with Gasteiger partial charge in [-0.1, -0.05) is 82.2 Å². The Hall–Kier alpha value is -0.820. The lowest BCUT2D eigenvalue weighted by atomic mass is 9.98. The van der Waals surface area contributed by atoms with E-state index in [-0.39, 0.29) is 0 Å². The van der Waals surface area contributed by atoms with E-state index in [1.807, 2.05) is 0 Å². The van der Waals surface area contributed by atoms with Crippen LogP contribution in [-0.4, -0.2) is 6.54 Å². The van der Waals surface area contributed by atoms with Gasteiger partial charge in [-0.25, -0.2) is 0 Å². The number of rotatable bonds is 11. The maximum absolute atomic E-state index is 3.71. The lowest BCUT2D eigenvalue weighted by molar-refractivity contribution is 0.466. The van der Waals surface area contributed by atoms with E-state index in [0.717, 1.165) is 6.54 Å². The zero-order chi connectivity index (χ0) is 14.6. The van der Waals surface area contributed by atoms with Crippen molar-refractivity contribution < 1.29 is 0 Å². The van der Waals surface area contributed by atoms with Crippen molar-refractivity contribution in [1.29, 1.82) is 0 Å². The molecule has 20 heavy (non-hydrogen) atoms. The molecule has 0 saturated heterocycles. The highest BCUT2D eigenvalue weighted by Gasteiger charge is 2.10. The van der Waals surface area contributed by atoms with E-state index in [1.165, 1.54) is 62.5 Å². The molecule has 0 heterocycles. The topological polar surface area (TPSA) is 12.0 Å². The molecular formula is C19H33N. The van der Waals surface area contributed by atoms with Gasteiger partial charge in [0.25, 0.3) is 0 Å². The van der Waals surface area contributed by atoms with Crippen LogP contribution in [0.2, 0.25) is 0 Å². The number of benzene rings is 1. The van der Waals surface area contributed by atoms with Crippen molar-refractivity contribution >= 4 is 0 Å². The van der Waals surface area contributed by atoms with Crippen molar-refractivity contribution in [2.24, 2.45) is 0 Å². The van der Waals surface area contributed by atoms with E-state index in [9.17, 15) is 0 Å². The second-order valence-electron chi connectivity index (χ2n) is 5.98. The molecule has 0 aliphatic heterocycles. The first-order chi connectivity index (χ1) is 9.77. The van der Waals surface area contributed by atoms with Crippen LogP contribution in [0.5, 0.6) is 0 Å². The van der Waals surface area contributed by atoms with Gasteiger partial charge in [-0.2, -0.15) is 0 Å². The summed E-state index contributed by atoms with van der Waals surface area (Å²) in [5, 5.41) is 3.71. The Balaban J connectivity index is 2.40. The molecule has 1 unspecified atom stereocenters. The number of unbranched alkanes of at least 4 members (excludes halogenated alkanes) is 5. The van der Waals surface area contributed by atoms with Gasteiger partial charge in [-0.05, 0) is 31.9 Å². The molecule has 0 amide bonds. The van der Waals surface area contributed by atoms with E-state index in [4.69, 9.17) is 0 Å². The minimum atomic E-state index is 0.543. The lowest BCUT2D eigenvalue weighted by Gasteiger charge is -2.19. The minimum Gasteiger partial charge on any atom is -0.310 e. The summed E-state index contributed by atoms with van der Waals surface area (Å²) < 4.78 is 0. The molecule has 0 fully saturated rings. The van der Waals surface area contributed by atoms with Crippen LogP contribution in [0.25, 0.3) is 0 Å². The number of hydrogen-bond acceptors (Lipinski definition) is 1. The summed E-state index contributed by atoms with van der Waals surface area (Å²) in [7, 11) is 0. The highest BCUT2D eigenvalue weighted by Crippen LogP contribution is 2.21. The largest absolute Gasteiger partial charge is 0.310 e. The standard InChI is InChI=1S/C19H33N/c1-4-6-7-8-9-10-14-19(20-15-5-2)18-13-11-12-17(3)16-18/h11-13,16,19-20H,4-10,14-15H2,1-3H3. The molecule has 114 valence electrons. The fourth-order valence-electron chi connectivity index (χ4n) is 2.72. The second kappa shape index (κ2) is 10.9. The molecule has 0 aliphatic rings. The SMILES string of the molecule is CCCCCCCCC(NCCC)c1cccc(C)c1. The Morgan fingerprint density at radius 3 is 2.40 bits per heavy atom. The first-order valence-electron chi connectivity index (χ1n) is 8.57. The summed E-state index contributed by atoms with van der Waals surface area (Å²) in [4.78, 5) is 0. The number of hydrogen-bond donors (Lipinski definition) is 1. The number of nitrogens with one attached hydrogen (secondary N) is 1. The zero-order valence-corrected chi connectivity index (χ0v) is 13.8. The van der Waals surface area contributed by atoms with Crippen molar-refractivity contribution in [3.05, 3.63) is 35.4 Å². The van der Waals surface area contributed by atoms with E-state index in [0.29, 0.717) is 6.04 Å². The van der Waals surface area contributed by atoms with Gasteiger partial charge in [0.15, 0.2) is 0 Å². The summed E-state index contributed by atoms with van der Waals surface area (Å²) in [5.74, 6) is 0. The third kappa shape index (κ3) is 7.09. The average molecular weight is 275 g/mol. The molecule has 1 N–H and O–H groups in total. The predicted octanol–water partition coefficient (Wildman–Crippen LogP) is 5.79. The van der Waals surface area contributed by atoms with Crippen LogP contribution in [0.1, 0.15) is 82.4 Å². The van der Waals surface area contributed by atoms with E-state index in [2.05, 4.69) is 50.4 Å². The van der Waals surface area contributed by atoms with Gasteiger partial charge >= 0.3 is 0 Å². The van der Waals surface area contributed by atoms with Gasteiger partial charge in [-0.3, -0.25) is 0 Å². The maximum atomic E-state index is 3.71. The molecule has 0 aromatic heterocycles.